The molecule has 52 heavy (non-hydrogen) atoms. The van der Waals surface area contributed by atoms with Gasteiger partial charge in [-0.05, 0) is 93.2 Å². The SMILES string of the molecule is C/C(CCCO)=C1/COC(CC(C)C)/C1=C\C1N=C2OC1COC(=O)[C@@H](CC(C)C)CC(=O)OC1C(OC(=O)C1(C)CO)/C(C)=C/Cc1ccc2[nH]1. The Labute approximate surface area is 306 Å². The van der Waals surface area contributed by atoms with Gasteiger partial charge >= 0.3 is 17.9 Å². The van der Waals surface area contributed by atoms with E-state index in [9.17, 15) is 24.6 Å². The number of ether oxygens (including phenoxy) is 5. The van der Waals surface area contributed by atoms with Crippen molar-refractivity contribution in [3.63, 3.8) is 0 Å². The second kappa shape index (κ2) is 16.9. The predicted molar refractivity (Wildman–Crippen MR) is 193 cm³/mol. The number of nitrogens with one attached hydrogen (secondary N) is 1. The minimum Gasteiger partial charge on any atom is -0.467 e. The van der Waals surface area contributed by atoms with Crippen LogP contribution in [0.5, 0.6) is 0 Å². The fourth-order valence-corrected chi connectivity index (χ4v) is 7.32. The predicted octanol–water partition coefficient (Wildman–Crippen LogP) is 4.92. The van der Waals surface area contributed by atoms with E-state index in [1.165, 1.54) is 6.92 Å². The van der Waals surface area contributed by atoms with E-state index in [2.05, 4.69) is 31.8 Å². The van der Waals surface area contributed by atoms with Gasteiger partial charge in [0, 0.05) is 18.7 Å². The summed E-state index contributed by atoms with van der Waals surface area (Å²) in [6.07, 6.45) is 4.02. The van der Waals surface area contributed by atoms with Gasteiger partial charge < -0.3 is 38.9 Å². The van der Waals surface area contributed by atoms with E-state index in [-0.39, 0.29) is 31.7 Å². The number of hydrogen-bond acceptors (Lipinski definition) is 11. The maximum atomic E-state index is 13.7. The molecule has 0 radical (unpaired) electrons. The smallest absolute Gasteiger partial charge is 0.318 e. The Balaban J connectivity index is 1.53. The Bertz CT molecular complexity index is 1600. The molecule has 4 aliphatic heterocycles. The molecule has 1 aromatic rings. The Morgan fingerprint density at radius 2 is 1.83 bits per heavy atom. The first-order chi connectivity index (χ1) is 24.7. The van der Waals surface area contributed by atoms with E-state index in [1.54, 1.807) is 6.92 Å². The summed E-state index contributed by atoms with van der Waals surface area (Å²) in [6, 6.07) is 3.31. The van der Waals surface area contributed by atoms with Gasteiger partial charge in [-0.15, -0.1) is 0 Å². The molecular formula is C40H56N2O10. The number of aromatic nitrogens is 1. The maximum absolute atomic E-state index is 13.7. The molecule has 6 unspecified atom stereocenters. The summed E-state index contributed by atoms with van der Waals surface area (Å²) < 4.78 is 30.3. The third-order valence-corrected chi connectivity index (χ3v) is 10.4. The number of rotatable bonds is 9. The van der Waals surface area contributed by atoms with Crippen molar-refractivity contribution in [1.29, 1.82) is 0 Å². The standard InChI is InChI=1S/C40H56N2O10/c1-22(2)15-26-17-34(45)51-36-35(52-39(47)40(36,7)21-44)25(6)10-11-27-12-13-30(41-27)37-42-31(33(50-37)20-49-38(26)46)18-28-29(24(5)9-8-14-43)19-48-32(28)16-23(3)4/h10,12-13,18,22-23,26,31-33,35-36,41,43-44H,8-9,11,14-17,19-21H2,1-7H3/b25-10+,28-18-,29-24+/t26-,31?,32?,33?,35?,36?,40?/m0/s1. The van der Waals surface area contributed by atoms with E-state index >= 15 is 0 Å². The van der Waals surface area contributed by atoms with Crippen LogP contribution in [-0.4, -0.2) is 95.9 Å². The molecule has 286 valence electrons. The first-order valence-corrected chi connectivity index (χ1v) is 18.6. The summed E-state index contributed by atoms with van der Waals surface area (Å²) in [5, 5.41) is 19.7. The summed E-state index contributed by atoms with van der Waals surface area (Å²) in [5.41, 5.74) is 4.02. The van der Waals surface area contributed by atoms with E-state index in [0.717, 1.165) is 35.3 Å². The van der Waals surface area contributed by atoms with Crippen LogP contribution in [0.2, 0.25) is 0 Å². The van der Waals surface area contributed by atoms with Crippen molar-refractivity contribution in [3.05, 3.63) is 58.0 Å². The molecule has 2 saturated heterocycles. The molecule has 0 spiro atoms. The van der Waals surface area contributed by atoms with Gasteiger partial charge in [0.2, 0.25) is 5.90 Å². The lowest BCUT2D eigenvalue weighted by atomic mass is 9.83. The number of cyclic esters (lactones) is 1. The summed E-state index contributed by atoms with van der Waals surface area (Å²) in [5.74, 6) is -1.86. The first kappa shape index (κ1) is 39.5. The summed E-state index contributed by atoms with van der Waals surface area (Å²) in [4.78, 5) is 48.6. The fraction of sp³-hybridized carbons (Fsp3) is 0.650. The van der Waals surface area contributed by atoms with Crippen molar-refractivity contribution < 1.29 is 48.3 Å². The zero-order valence-electron chi connectivity index (χ0n) is 31.6. The number of fused-ring (bicyclic) bond motifs is 6. The summed E-state index contributed by atoms with van der Waals surface area (Å²) in [7, 11) is 0. The second-order valence-electron chi connectivity index (χ2n) is 15.7. The number of allylic oxidation sites excluding steroid dienone is 2. The largest absolute Gasteiger partial charge is 0.467 e. The number of esters is 3. The van der Waals surface area contributed by atoms with Crippen LogP contribution in [0.25, 0.3) is 0 Å². The fourth-order valence-electron chi connectivity index (χ4n) is 7.32. The number of aromatic amines is 1. The monoisotopic (exact) mass is 724 g/mol. The maximum Gasteiger partial charge on any atom is 0.318 e. The highest BCUT2D eigenvalue weighted by molar-refractivity contribution is 5.94. The van der Waals surface area contributed by atoms with Crippen LogP contribution in [0.4, 0.5) is 0 Å². The Morgan fingerprint density at radius 3 is 2.52 bits per heavy atom. The minimum atomic E-state index is -1.47. The van der Waals surface area contributed by atoms with Crippen LogP contribution in [0, 0.1) is 23.2 Å². The lowest BCUT2D eigenvalue weighted by Gasteiger charge is -2.28. The van der Waals surface area contributed by atoms with Crippen LogP contribution in [0.1, 0.15) is 92.0 Å². The van der Waals surface area contributed by atoms with Crippen molar-refractivity contribution in [2.45, 2.75) is 117 Å². The molecule has 5 rings (SSSR count). The van der Waals surface area contributed by atoms with Gasteiger partial charge in [0.15, 0.2) is 18.3 Å². The van der Waals surface area contributed by atoms with Gasteiger partial charge in [-0.3, -0.25) is 14.4 Å². The van der Waals surface area contributed by atoms with Crippen LogP contribution in [-0.2, 0) is 44.5 Å². The topological polar surface area (TPSA) is 166 Å². The normalized spacial score (nSPS) is 32.8. The van der Waals surface area contributed by atoms with Crippen LogP contribution in [0.3, 0.4) is 0 Å². The number of carbonyl (C=O) groups excluding carboxylic acids is 3. The van der Waals surface area contributed by atoms with Crippen molar-refractivity contribution in [1.82, 2.24) is 4.98 Å². The average Bonchev–Trinajstić information content (AvgIpc) is 3.87. The van der Waals surface area contributed by atoms with Gasteiger partial charge in [0.25, 0.3) is 0 Å². The molecule has 3 N–H and O–H groups in total. The van der Waals surface area contributed by atoms with E-state index in [0.29, 0.717) is 49.0 Å². The highest BCUT2D eigenvalue weighted by Gasteiger charge is 2.57. The van der Waals surface area contributed by atoms with Crippen molar-refractivity contribution in [3.8, 4) is 0 Å². The molecule has 4 bridgehead atoms. The molecule has 2 fully saturated rings. The quantitative estimate of drug-likeness (QED) is 0.181. The Hall–Kier alpha value is -3.74. The first-order valence-electron chi connectivity index (χ1n) is 18.6. The van der Waals surface area contributed by atoms with Gasteiger partial charge in [0.05, 0.1) is 31.7 Å². The van der Waals surface area contributed by atoms with Gasteiger partial charge in [-0.2, -0.15) is 0 Å². The highest BCUT2D eigenvalue weighted by atomic mass is 16.6. The zero-order valence-corrected chi connectivity index (χ0v) is 31.6. The molecule has 1 aromatic heterocycles. The Morgan fingerprint density at radius 1 is 1.08 bits per heavy atom. The number of carbonyl (C=O) groups is 3. The number of aliphatic imine (C=N–C) groups is 1. The van der Waals surface area contributed by atoms with Crippen LogP contribution < -0.4 is 0 Å². The van der Waals surface area contributed by atoms with Crippen LogP contribution >= 0.6 is 0 Å². The van der Waals surface area contributed by atoms with E-state index < -0.39 is 60.2 Å². The zero-order chi connectivity index (χ0) is 37.7. The second-order valence-corrected chi connectivity index (χ2v) is 15.7. The summed E-state index contributed by atoms with van der Waals surface area (Å²) >= 11 is 0. The highest BCUT2D eigenvalue weighted by Crippen LogP contribution is 2.40. The minimum absolute atomic E-state index is 0.0667. The molecule has 4 aliphatic rings. The van der Waals surface area contributed by atoms with Crippen molar-refractivity contribution in [2.24, 2.45) is 28.2 Å². The molecule has 0 amide bonds. The number of aliphatic hydroxyl groups is 2. The van der Waals surface area contributed by atoms with E-state index in [4.69, 9.17) is 28.7 Å². The van der Waals surface area contributed by atoms with Gasteiger partial charge in [0.1, 0.15) is 23.8 Å². The molecule has 5 heterocycles. The third kappa shape index (κ3) is 8.89. The molecule has 12 heteroatoms. The number of H-pyrrole nitrogens is 1. The average molecular weight is 725 g/mol. The third-order valence-electron chi connectivity index (χ3n) is 10.4. The number of hydrogen-bond donors (Lipinski definition) is 3. The van der Waals surface area contributed by atoms with Crippen LogP contribution in [0.15, 0.2) is 51.6 Å². The Kier molecular flexibility index (Phi) is 12.9. The number of nitrogens with zero attached hydrogens (tertiary/aromatic N) is 1. The summed E-state index contributed by atoms with van der Waals surface area (Å²) in [6.45, 7) is 13.5. The molecule has 0 saturated carbocycles. The van der Waals surface area contributed by atoms with Crippen molar-refractivity contribution >= 4 is 23.8 Å². The lowest BCUT2D eigenvalue weighted by molar-refractivity contribution is -0.164. The molecule has 12 nitrogen and oxygen atoms in total. The molecule has 7 atom stereocenters. The van der Waals surface area contributed by atoms with Gasteiger partial charge in [-0.1, -0.05) is 39.3 Å². The van der Waals surface area contributed by atoms with Gasteiger partial charge in [-0.25, -0.2) is 4.99 Å². The molecule has 0 aliphatic carbocycles. The number of aliphatic hydroxyl groups excluding tert-OH is 2. The van der Waals surface area contributed by atoms with E-state index in [1.807, 2.05) is 32.1 Å². The lowest BCUT2D eigenvalue weighted by Crippen LogP contribution is -2.43. The van der Waals surface area contributed by atoms with Crippen molar-refractivity contribution in [2.75, 3.05) is 26.4 Å². The molecule has 0 aromatic carbocycles. The molecular weight excluding hydrogens is 668 g/mol.